The minimum atomic E-state index is 0.332. The van der Waals surface area contributed by atoms with Gasteiger partial charge in [-0.3, -0.25) is 9.78 Å². The average molecular weight is 391 g/mol. The zero-order valence-corrected chi connectivity index (χ0v) is 17.3. The molecular weight excluding hydrogens is 360 g/mol. The van der Waals surface area contributed by atoms with Crippen molar-refractivity contribution in [1.82, 2.24) is 14.8 Å². The summed E-state index contributed by atoms with van der Waals surface area (Å²) in [4.78, 5) is 22.2. The standard InChI is InChI=1S/C24H30N4O/c1-15-8-17(18-6-5-16(10-25)24-19(18)4-3-7-26-24)12-28(11-15)23(29)9-20-21-13-27(2)14-22(20)21/h3-7,10,15,17,20-22,25H,8-9,11-14H2,1-2H3/t15-,17-,20-,21-,22+/m1/s1. The van der Waals surface area contributed by atoms with Gasteiger partial charge >= 0.3 is 0 Å². The largest absolute Gasteiger partial charge is 0.342 e. The van der Waals surface area contributed by atoms with E-state index in [4.69, 9.17) is 5.41 Å². The molecule has 1 amide bonds. The van der Waals surface area contributed by atoms with Crippen molar-refractivity contribution in [3.63, 3.8) is 0 Å². The normalized spacial score (nSPS) is 31.7. The molecule has 1 aromatic heterocycles. The molecule has 0 bridgehead atoms. The number of nitrogens with zero attached hydrogens (tertiary/aromatic N) is 3. The van der Waals surface area contributed by atoms with Gasteiger partial charge in [-0.25, -0.2) is 0 Å². The van der Waals surface area contributed by atoms with Crippen molar-refractivity contribution in [3.05, 3.63) is 41.6 Å². The summed E-state index contributed by atoms with van der Waals surface area (Å²) in [6.45, 7) is 6.28. The Balaban J connectivity index is 1.35. The Morgan fingerprint density at radius 2 is 2.00 bits per heavy atom. The first-order chi connectivity index (χ1) is 14.0. The summed E-state index contributed by atoms with van der Waals surface area (Å²) >= 11 is 0. The molecule has 0 radical (unpaired) electrons. The number of rotatable bonds is 4. The van der Waals surface area contributed by atoms with Gasteiger partial charge in [0.15, 0.2) is 0 Å². The number of pyridine rings is 1. The minimum absolute atomic E-state index is 0.332. The second-order valence-electron chi connectivity index (χ2n) is 9.54. The quantitative estimate of drug-likeness (QED) is 0.814. The molecular formula is C24H30N4O. The molecule has 5 nitrogen and oxygen atoms in total. The topological polar surface area (TPSA) is 60.3 Å². The fraction of sp³-hybridized carbons (Fsp3) is 0.542. The van der Waals surface area contributed by atoms with E-state index in [2.05, 4.69) is 40.9 Å². The van der Waals surface area contributed by atoms with E-state index < -0.39 is 0 Å². The molecule has 1 aromatic carbocycles. The predicted molar refractivity (Wildman–Crippen MR) is 115 cm³/mol. The summed E-state index contributed by atoms with van der Waals surface area (Å²) in [6, 6.07) is 8.23. The van der Waals surface area contributed by atoms with Crippen LogP contribution in [0, 0.1) is 29.1 Å². The Morgan fingerprint density at radius 3 is 2.76 bits per heavy atom. The van der Waals surface area contributed by atoms with Gasteiger partial charge in [0.2, 0.25) is 5.91 Å². The lowest BCUT2D eigenvalue weighted by atomic mass is 9.83. The Bertz CT molecular complexity index is 945. The Hall–Kier alpha value is -2.27. The van der Waals surface area contributed by atoms with Crippen LogP contribution in [0.4, 0.5) is 0 Å². The van der Waals surface area contributed by atoms with Gasteiger partial charge in [-0.2, -0.15) is 0 Å². The number of carbonyl (C=O) groups is 1. The molecule has 2 aromatic rings. The molecule has 1 saturated carbocycles. The van der Waals surface area contributed by atoms with Crippen molar-refractivity contribution in [3.8, 4) is 0 Å². The highest BCUT2D eigenvalue weighted by Gasteiger charge is 2.55. The van der Waals surface area contributed by atoms with E-state index in [-0.39, 0.29) is 0 Å². The Kier molecular flexibility index (Phi) is 4.66. The van der Waals surface area contributed by atoms with Gasteiger partial charge < -0.3 is 15.2 Å². The number of hydrogen-bond acceptors (Lipinski definition) is 4. The van der Waals surface area contributed by atoms with Crippen LogP contribution < -0.4 is 0 Å². The Morgan fingerprint density at radius 1 is 1.21 bits per heavy atom. The predicted octanol–water partition coefficient (Wildman–Crippen LogP) is 3.38. The molecule has 3 heterocycles. The average Bonchev–Trinajstić information content (AvgIpc) is 3.17. The fourth-order valence-electron chi connectivity index (χ4n) is 5.96. The third-order valence-corrected chi connectivity index (χ3v) is 7.41. The van der Waals surface area contributed by atoms with Gasteiger partial charge in [0.05, 0.1) is 5.52 Å². The maximum atomic E-state index is 13.1. The molecule has 0 unspecified atom stereocenters. The van der Waals surface area contributed by atoms with Crippen molar-refractivity contribution >= 4 is 23.0 Å². The summed E-state index contributed by atoms with van der Waals surface area (Å²) in [5, 5.41) is 8.80. The van der Waals surface area contributed by atoms with Crippen LogP contribution in [0.5, 0.6) is 0 Å². The van der Waals surface area contributed by atoms with E-state index in [1.165, 1.54) is 24.9 Å². The first-order valence-corrected chi connectivity index (χ1v) is 10.9. The molecule has 5 rings (SSSR count). The van der Waals surface area contributed by atoms with Gasteiger partial charge in [-0.15, -0.1) is 0 Å². The number of benzene rings is 1. The number of likely N-dealkylation sites (tertiary alicyclic amines) is 2. The maximum Gasteiger partial charge on any atom is 0.222 e. The molecule has 3 fully saturated rings. The van der Waals surface area contributed by atoms with Crippen molar-refractivity contribution in [2.24, 2.45) is 23.7 Å². The molecule has 5 heteroatoms. The number of amides is 1. The smallest absolute Gasteiger partial charge is 0.222 e. The summed E-state index contributed by atoms with van der Waals surface area (Å²) in [5.41, 5.74) is 3.02. The lowest BCUT2D eigenvalue weighted by molar-refractivity contribution is -0.133. The van der Waals surface area contributed by atoms with E-state index in [0.717, 1.165) is 54.2 Å². The number of nitrogens with one attached hydrogen (secondary N) is 1. The van der Waals surface area contributed by atoms with E-state index in [1.807, 2.05) is 12.1 Å². The highest BCUT2D eigenvalue weighted by Crippen LogP contribution is 2.53. The van der Waals surface area contributed by atoms with E-state index in [1.54, 1.807) is 6.20 Å². The number of hydrogen-bond donors (Lipinski definition) is 1. The van der Waals surface area contributed by atoms with Crippen molar-refractivity contribution in [1.29, 1.82) is 5.41 Å². The highest BCUT2D eigenvalue weighted by molar-refractivity contribution is 5.98. The van der Waals surface area contributed by atoms with Crippen molar-refractivity contribution < 1.29 is 4.79 Å². The molecule has 1 N–H and O–H groups in total. The first kappa shape index (κ1) is 18.7. The summed E-state index contributed by atoms with van der Waals surface area (Å²) in [5.74, 6) is 3.31. The third-order valence-electron chi connectivity index (χ3n) is 7.41. The molecule has 5 atom stereocenters. The SMILES string of the molecule is C[C@@H]1C[C@@H](c2ccc(C=N)c3ncccc23)CN(C(=O)C[C@@H]2[C@H]3CN(C)C[C@@H]23)C1. The molecule has 152 valence electrons. The van der Waals surface area contributed by atoms with Crippen LogP contribution in [0.15, 0.2) is 30.5 Å². The van der Waals surface area contributed by atoms with Crippen LogP contribution in [0.2, 0.25) is 0 Å². The van der Waals surface area contributed by atoms with Crippen LogP contribution in [-0.2, 0) is 4.79 Å². The van der Waals surface area contributed by atoms with E-state index >= 15 is 0 Å². The third kappa shape index (κ3) is 3.35. The summed E-state index contributed by atoms with van der Waals surface area (Å²) in [7, 11) is 2.19. The van der Waals surface area contributed by atoms with Crippen LogP contribution in [0.1, 0.15) is 36.8 Å². The Labute approximate surface area is 172 Å². The van der Waals surface area contributed by atoms with Gasteiger partial charge in [0.25, 0.3) is 0 Å². The van der Waals surface area contributed by atoms with Gasteiger partial charge in [-0.05, 0) is 48.8 Å². The second-order valence-corrected chi connectivity index (χ2v) is 9.54. The zero-order valence-electron chi connectivity index (χ0n) is 17.3. The van der Waals surface area contributed by atoms with Gasteiger partial charge in [0.1, 0.15) is 0 Å². The molecule has 3 aliphatic rings. The number of carbonyl (C=O) groups excluding carboxylic acids is 1. The van der Waals surface area contributed by atoms with Crippen molar-refractivity contribution in [2.45, 2.75) is 25.7 Å². The molecule has 1 aliphatic carbocycles. The highest BCUT2D eigenvalue weighted by atomic mass is 16.2. The molecule has 2 saturated heterocycles. The van der Waals surface area contributed by atoms with E-state index in [9.17, 15) is 4.79 Å². The van der Waals surface area contributed by atoms with Gasteiger partial charge in [-0.1, -0.05) is 25.1 Å². The van der Waals surface area contributed by atoms with Gasteiger partial charge in [0, 0.05) is 61.9 Å². The number of fused-ring (bicyclic) bond motifs is 2. The molecule has 29 heavy (non-hydrogen) atoms. The first-order valence-electron chi connectivity index (χ1n) is 10.9. The molecule has 0 spiro atoms. The van der Waals surface area contributed by atoms with Crippen LogP contribution >= 0.6 is 0 Å². The zero-order chi connectivity index (χ0) is 20.1. The van der Waals surface area contributed by atoms with Crippen LogP contribution in [0.25, 0.3) is 10.9 Å². The molecule has 2 aliphatic heterocycles. The fourth-order valence-corrected chi connectivity index (χ4v) is 5.96. The van der Waals surface area contributed by atoms with Crippen LogP contribution in [0.3, 0.4) is 0 Å². The number of aromatic nitrogens is 1. The minimum Gasteiger partial charge on any atom is -0.342 e. The maximum absolute atomic E-state index is 13.1. The van der Waals surface area contributed by atoms with E-state index in [0.29, 0.717) is 23.7 Å². The lowest BCUT2D eigenvalue weighted by Gasteiger charge is -2.37. The van der Waals surface area contributed by atoms with Crippen molar-refractivity contribution in [2.75, 3.05) is 33.2 Å². The summed E-state index contributed by atoms with van der Waals surface area (Å²) in [6.07, 6.45) is 5.00. The second kappa shape index (κ2) is 7.21. The number of piperidine rings is 2. The van der Waals surface area contributed by atoms with Crippen LogP contribution in [-0.4, -0.2) is 60.1 Å². The lowest BCUT2D eigenvalue weighted by Crippen LogP contribution is -2.43. The monoisotopic (exact) mass is 390 g/mol. The summed E-state index contributed by atoms with van der Waals surface area (Å²) < 4.78 is 0.